The Kier molecular flexibility index (Phi) is 5.09. The Bertz CT molecular complexity index is 758. The third kappa shape index (κ3) is 4.49. The van der Waals surface area contributed by atoms with Crippen LogP contribution < -0.4 is 4.74 Å². The van der Waals surface area contributed by atoms with Crippen molar-refractivity contribution in [3.63, 3.8) is 0 Å². The van der Waals surface area contributed by atoms with Crippen LogP contribution in [-0.4, -0.2) is 24.0 Å². The predicted octanol–water partition coefficient (Wildman–Crippen LogP) is 4.32. The summed E-state index contributed by atoms with van der Waals surface area (Å²) >= 11 is 0. The smallest absolute Gasteiger partial charge is 0.417 e. The lowest BCUT2D eigenvalue weighted by molar-refractivity contribution is -0.137. The number of aromatic nitrogens is 1. The zero-order valence-corrected chi connectivity index (χ0v) is 13.0. The molecule has 1 aromatic carbocycles. The zero-order chi connectivity index (χ0) is 17.7. The molecule has 24 heavy (non-hydrogen) atoms. The number of nitrogens with zero attached hydrogens (tertiary/aromatic N) is 3. The summed E-state index contributed by atoms with van der Waals surface area (Å²) in [7, 11) is 3.62. The first-order chi connectivity index (χ1) is 11.3. The molecule has 0 amide bonds. The van der Waals surface area contributed by atoms with Gasteiger partial charge in [-0.2, -0.15) is 18.4 Å². The van der Waals surface area contributed by atoms with Gasteiger partial charge in [-0.3, -0.25) is 0 Å². The van der Waals surface area contributed by atoms with E-state index < -0.39 is 11.7 Å². The molecule has 0 atom stereocenters. The number of hydrogen-bond donors (Lipinski definition) is 0. The fourth-order valence-electron chi connectivity index (χ4n) is 1.86. The third-order valence-electron chi connectivity index (χ3n) is 2.96. The van der Waals surface area contributed by atoms with Crippen molar-refractivity contribution in [1.82, 2.24) is 9.88 Å². The first-order valence-electron chi connectivity index (χ1n) is 6.89. The second-order valence-electron chi connectivity index (χ2n) is 5.13. The molecule has 0 saturated heterocycles. The minimum atomic E-state index is -4.43. The van der Waals surface area contributed by atoms with Crippen molar-refractivity contribution in [2.24, 2.45) is 0 Å². The van der Waals surface area contributed by atoms with Gasteiger partial charge in [0.2, 0.25) is 5.88 Å². The third-order valence-corrected chi connectivity index (χ3v) is 2.96. The number of pyridine rings is 1. The largest absolute Gasteiger partial charge is 0.439 e. The van der Waals surface area contributed by atoms with E-state index in [9.17, 15) is 13.2 Å². The Morgan fingerprint density at radius 3 is 2.29 bits per heavy atom. The second kappa shape index (κ2) is 7.04. The topological polar surface area (TPSA) is 49.2 Å². The predicted molar refractivity (Wildman–Crippen MR) is 83.0 cm³/mol. The number of nitriles is 1. The van der Waals surface area contributed by atoms with E-state index >= 15 is 0 Å². The molecule has 0 aliphatic carbocycles. The van der Waals surface area contributed by atoms with E-state index in [1.807, 2.05) is 14.1 Å². The van der Waals surface area contributed by atoms with E-state index in [0.717, 1.165) is 18.3 Å². The molecule has 2 aromatic rings. The van der Waals surface area contributed by atoms with Crippen LogP contribution in [0.5, 0.6) is 11.6 Å². The molecule has 0 N–H and O–H groups in total. The van der Waals surface area contributed by atoms with Crippen LogP contribution in [-0.2, 0) is 6.18 Å². The number of halogens is 3. The molecule has 124 valence electrons. The summed E-state index contributed by atoms with van der Waals surface area (Å²) in [5.41, 5.74) is 0.357. The lowest BCUT2D eigenvalue weighted by Crippen LogP contribution is -2.05. The molecule has 1 heterocycles. The van der Waals surface area contributed by atoms with Gasteiger partial charge in [0.15, 0.2) is 0 Å². The van der Waals surface area contributed by atoms with Crippen molar-refractivity contribution in [3.8, 4) is 17.7 Å². The molecule has 0 bridgehead atoms. The van der Waals surface area contributed by atoms with E-state index in [1.165, 1.54) is 0 Å². The average Bonchev–Trinajstić information content (AvgIpc) is 2.53. The highest BCUT2D eigenvalue weighted by atomic mass is 19.4. The fourth-order valence-corrected chi connectivity index (χ4v) is 1.86. The lowest BCUT2D eigenvalue weighted by atomic mass is 10.1. The maximum Gasteiger partial charge on any atom is 0.417 e. The van der Waals surface area contributed by atoms with Crippen molar-refractivity contribution >= 4 is 5.57 Å². The average molecular weight is 333 g/mol. The van der Waals surface area contributed by atoms with Gasteiger partial charge in [0.05, 0.1) is 11.1 Å². The normalized spacial score (nSPS) is 11.8. The monoisotopic (exact) mass is 333 g/mol. The first kappa shape index (κ1) is 17.3. The highest BCUT2D eigenvalue weighted by Gasteiger charge is 2.30. The molecule has 7 heteroatoms. The number of alkyl halides is 3. The summed E-state index contributed by atoms with van der Waals surface area (Å²) in [5.74, 6) is 0.466. The molecule has 2 rings (SSSR count). The highest BCUT2D eigenvalue weighted by Crippen LogP contribution is 2.30. The van der Waals surface area contributed by atoms with Gasteiger partial charge < -0.3 is 9.64 Å². The Hall–Kier alpha value is -3.01. The number of allylic oxidation sites excluding steroid dienone is 1. The van der Waals surface area contributed by atoms with Crippen LogP contribution in [0.15, 0.2) is 48.8 Å². The summed E-state index contributed by atoms with van der Waals surface area (Å²) < 4.78 is 42.8. The molecule has 1 aromatic heterocycles. The van der Waals surface area contributed by atoms with Gasteiger partial charge in [0.1, 0.15) is 11.8 Å². The van der Waals surface area contributed by atoms with Crippen LogP contribution in [0.4, 0.5) is 13.2 Å². The quantitative estimate of drug-likeness (QED) is 0.782. The van der Waals surface area contributed by atoms with Crippen LogP contribution in [0.25, 0.3) is 5.57 Å². The molecular formula is C17H14F3N3O. The SMILES string of the molecule is CN(C)C=C(C#N)c1ccc(Oc2ccc(C(F)(F)F)cn2)cc1. The summed E-state index contributed by atoms with van der Waals surface area (Å²) in [6.07, 6.45) is -2.02. The zero-order valence-electron chi connectivity index (χ0n) is 13.0. The maximum atomic E-state index is 12.5. The van der Waals surface area contributed by atoms with E-state index in [2.05, 4.69) is 11.1 Å². The molecule has 0 aliphatic heterocycles. The summed E-state index contributed by atoms with van der Waals surface area (Å²) in [4.78, 5) is 5.40. The van der Waals surface area contributed by atoms with E-state index in [4.69, 9.17) is 10.00 Å². The Labute approximate surface area is 137 Å². The van der Waals surface area contributed by atoms with Crippen molar-refractivity contribution in [1.29, 1.82) is 5.26 Å². The lowest BCUT2D eigenvalue weighted by Gasteiger charge is -2.09. The fraction of sp³-hybridized carbons (Fsp3) is 0.176. The Balaban J connectivity index is 2.13. The van der Waals surface area contributed by atoms with Gasteiger partial charge in [-0.15, -0.1) is 0 Å². The van der Waals surface area contributed by atoms with Crippen molar-refractivity contribution in [2.75, 3.05) is 14.1 Å². The molecular weight excluding hydrogens is 319 g/mol. The van der Waals surface area contributed by atoms with Gasteiger partial charge in [-0.25, -0.2) is 4.98 Å². The standard InChI is InChI=1S/C17H14F3N3O/c1-23(2)11-13(9-21)12-3-6-15(7-4-12)24-16-8-5-14(10-22-16)17(18,19)20/h3-8,10-11H,1-2H3. The van der Waals surface area contributed by atoms with Crippen LogP contribution in [0.3, 0.4) is 0 Å². The van der Waals surface area contributed by atoms with Gasteiger partial charge in [0, 0.05) is 32.6 Å². The van der Waals surface area contributed by atoms with Crippen molar-refractivity contribution < 1.29 is 17.9 Å². The molecule has 0 unspecified atom stereocenters. The van der Waals surface area contributed by atoms with Crippen molar-refractivity contribution in [3.05, 3.63) is 59.9 Å². The highest BCUT2D eigenvalue weighted by molar-refractivity contribution is 5.76. The first-order valence-corrected chi connectivity index (χ1v) is 6.89. The summed E-state index contributed by atoms with van der Waals surface area (Å²) in [6.45, 7) is 0. The van der Waals surface area contributed by atoms with Crippen molar-refractivity contribution in [2.45, 2.75) is 6.18 Å². The van der Waals surface area contributed by atoms with Gasteiger partial charge in [-0.05, 0) is 35.9 Å². The van der Waals surface area contributed by atoms with Gasteiger partial charge in [0.25, 0.3) is 0 Å². The summed E-state index contributed by atoms with van der Waals surface area (Å²) in [6, 6.07) is 10.8. The molecule has 0 spiro atoms. The molecule has 4 nitrogen and oxygen atoms in total. The minimum absolute atomic E-state index is 0.0556. The number of hydrogen-bond acceptors (Lipinski definition) is 4. The number of ether oxygens (including phenoxy) is 1. The molecule has 0 saturated carbocycles. The maximum absolute atomic E-state index is 12.5. The van der Waals surface area contributed by atoms with Crippen LogP contribution in [0.1, 0.15) is 11.1 Å². The Morgan fingerprint density at radius 1 is 1.17 bits per heavy atom. The number of rotatable bonds is 4. The minimum Gasteiger partial charge on any atom is -0.439 e. The van der Waals surface area contributed by atoms with Crippen LogP contribution in [0.2, 0.25) is 0 Å². The molecule has 0 fully saturated rings. The van der Waals surface area contributed by atoms with E-state index in [-0.39, 0.29) is 5.88 Å². The Morgan fingerprint density at radius 2 is 1.83 bits per heavy atom. The molecule has 0 aliphatic rings. The van der Waals surface area contributed by atoms with Crippen LogP contribution >= 0.6 is 0 Å². The van der Waals surface area contributed by atoms with E-state index in [1.54, 1.807) is 35.4 Å². The van der Waals surface area contributed by atoms with Gasteiger partial charge >= 0.3 is 6.18 Å². The van der Waals surface area contributed by atoms with E-state index in [0.29, 0.717) is 16.9 Å². The summed E-state index contributed by atoms with van der Waals surface area (Å²) in [5, 5.41) is 9.15. The van der Waals surface area contributed by atoms with Crippen LogP contribution in [0, 0.1) is 11.3 Å². The molecule has 0 radical (unpaired) electrons. The number of benzene rings is 1. The second-order valence-corrected chi connectivity index (χ2v) is 5.13. The van der Waals surface area contributed by atoms with Gasteiger partial charge in [-0.1, -0.05) is 0 Å².